The van der Waals surface area contributed by atoms with Crippen molar-refractivity contribution in [2.75, 3.05) is 5.32 Å². The summed E-state index contributed by atoms with van der Waals surface area (Å²) in [5.74, 6) is -0.00337. The van der Waals surface area contributed by atoms with Crippen molar-refractivity contribution in [3.8, 4) is 0 Å². The molecule has 1 aliphatic rings. The Morgan fingerprint density at radius 1 is 1.10 bits per heavy atom. The normalized spacial score (nSPS) is 17.2. The molecular weight excluding hydrogens is 264 g/mol. The van der Waals surface area contributed by atoms with Gasteiger partial charge < -0.3 is 10.6 Å². The zero-order chi connectivity index (χ0) is 15.2. The van der Waals surface area contributed by atoms with Crippen LogP contribution in [0.2, 0.25) is 0 Å². The minimum Gasteiger partial charge on any atom is -0.325 e. The molecule has 0 bridgehead atoms. The molecule has 1 atom stereocenters. The molecule has 114 valence electrons. The van der Waals surface area contributed by atoms with Crippen LogP contribution in [0.15, 0.2) is 24.3 Å². The average Bonchev–Trinajstić information content (AvgIpc) is 2.48. The summed E-state index contributed by atoms with van der Waals surface area (Å²) in [5.41, 5.74) is 1.38. The second-order valence-electron chi connectivity index (χ2n) is 5.85. The van der Waals surface area contributed by atoms with E-state index in [1.165, 1.54) is 26.2 Å². The van der Waals surface area contributed by atoms with E-state index < -0.39 is 0 Å². The van der Waals surface area contributed by atoms with Crippen molar-refractivity contribution in [2.24, 2.45) is 0 Å². The summed E-state index contributed by atoms with van der Waals surface area (Å²) < 4.78 is 0. The van der Waals surface area contributed by atoms with Gasteiger partial charge in [-0.3, -0.25) is 9.59 Å². The fourth-order valence-corrected chi connectivity index (χ4v) is 2.74. The van der Waals surface area contributed by atoms with Crippen LogP contribution in [0.3, 0.4) is 0 Å². The van der Waals surface area contributed by atoms with E-state index in [0.717, 1.165) is 18.5 Å². The van der Waals surface area contributed by atoms with E-state index in [4.69, 9.17) is 0 Å². The molecule has 1 aromatic rings. The summed E-state index contributed by atoms with van der Waals surface area (Å²) in [6, 6.07) is 7.25. The number of hydrogen-bond acceptors (Lipinski definition) is 3. The van der Waals surface area contributed by atoms with Gasteiger partial charge in [-0.15, -0.1) is 0 Å². The largest absolute Gasteiger partial charge is 0.325 e. The average molecular weight is 288 g/mol. The van der Waals surface area contributed by atoms with Crippen LogP contribution in [0.1, 0.15) is 56.3 Å². The van der Waals surface area contributed by atoms with E-state index >= 15 is 0 Å². The van der Waals surface area contributed by atoms with Gasteiger partial charge in [0, 0.05) is 17.3 Å². The molecule has 2 rings (SSSR count). The molecule has 1 aliphatic carbocycles. The molecule has 0 spiro atoms. The van der Waals surface area contributed by atoms with Crippen LogP contribution in [0, 0.1) is 0 Å². The number of benzene rings is 1. The van der Waals surface area contributed by atoms with Gasteiger partial charge in [0.2, 0.25) is 5.91 Å². The summed E-state index contributed by atoms with van der Waals surface area (Å²) in [6.45, 7) is 3.43. The molecule has 1 saturated carbocycles. The summed E-state index contributed by atoms with van der Waals surface area (Å²) in [7, 11) is 0. The number of Topliss-reactive ketones (excluding diaryl/α,β-unsaturated/α-hetero) is 1. The lowest BCUT2D eigenvalue weighted by atomic mass is 9.95. The molecule has 2 N–H and O–H groups in total. The van der Waals surface area contributed by atoms with Crippen molar-refractivity contribution in [1.29, 1.82) is 0 Å². The topological polar surface area (TPSA) is 58.2 Å². The predicted octanol–water partition coefficient (Wildman–Crippen LogP) is 3.14. The zero-order valence-electron chi connectivity index (χ0n) is 12.8. The van der Waals surface area contributed by atoms with Crippen molar-refractivity contribution >= 4 is 17.4 Å². The van der Waals surface area contributed by atoms with Gasteiger partial charge in [-0.25, -0.2) is 0 Å². The highest BCUT2D eigenvalue weighted by Crippen LogP contribution is 2.18. The lowest BCUT2D eigenvalue weighted by Crippen LogP contribution is -2.44. The van der Waals surface area contributed by atoms with Crippen molar-refractivity contribution in [1.82, 2.24) is 5.32 Å². The minimum absolute atomic E-state index is 0.0280. The van der Waals surface area contributed by atoms with Gasteiger partial charge >= 0.3 is 0 Å². The summed E-state index contributed by atoms with van der Waals surface area (Å²) in [5, 5.41) is 6.29. The van der Waals surface area contributed by atoms with Crippen LogP contribution in [-0.2, 0) is 4.79 Å². The van der Waals surface area contributed by atoms with Gasteiger partial charge in [0.1, 0.15) is 0 Å². The molecular formula is C17H24N2O2. The number of ketones is 1. The minimum atomic E-state index is -0.208. The van der Waals surface area contributed by atoms with Crippen molar-refractivity contribution in [3.63, 3.8) is 0 Å². The number of hydrogen-bond donors (Lipinski definition) is 2. The quantitative estimate of drug-likeness (QED) is 0.818. The molecule has 4 heteroatoms. The second kappa shape index (κ2) is 7.36. The number of anilines is 1. The van der Waals surface area contributed by atoms with Gasteiger partial charge in [0.25, 0.3) is 0 Å². The fourth-order valence-electron chi connectivity index (χ4n) is 2.74. The standard InChI is InChI=1S/C17H24N2O2/c1-12(18-15-6-4-3-5-7-15)17(21)19-16-10-8-14(9-11-16)13(2)20/h8-12,15,18H,3-7H2,1-2H3,(H,19,21)/t12-/m1/s1. The fraction of sp³-hybridized carbons (Fsp3) is 0.529. The van der Waals surface area contributed by atoms with Crippen LogP contribution in [0.5, 0.6) is 0 Å². The van der Waals surface area contributed by atoms with E-state index in [2.05, 4.69) is 10.6 Å². The molecule has 4 nitrogen and oxygen atoms in total. The highest BCUT2D eigenvalue weighted by molar-refractivity contribution is 5.96. The Hall–Kier alpha value is -1.68. The van der Waals surface area contributed by atoms with E-state index in [1.807, 2.05) is 6.92 Å². The third-order valence-electron chi connectivity index (χ3n) is 4.04. The molecule has 0 unspecified atom stereocenters. The molecule has 1 amide bonds. The molecule has 21 heavy (non-hydrogen) atoms. The third-order valence-corrected chi connectivity index (χ3v) is 4.04. The number of nitrogens with one attached hydrogen (secondary N) is 2. The van der Waals surface area contributed by atoms with Gasteiger partial charge in [-0.2, -0.15) is 0 Å². The van der Waals surface area contributed by atoms with Gasteiger partial charge in [-0.05, 0) is 51.0 Å². The van der Waals surface area contributed by atoms with E-state index in [9.17, 15) is 9.59 Å². The van der Waals surface area contributed by atoms with Gasteiger partial charge in [-0.1, -0.05) is 19.3 Å². The number of amides is 1. The lowest BCUT2D eigenvalue weighted by molar-refractivity contribution is -0.118. The van der Waals surface area contributed by atoms with Crippen LogP contribution < -0.4 is 10.6 Å². The first-order valence-electron chi connectivity index (χ1n) is 7.74. The maximum Gasteiger partial charge on any atom is 0.241 e. The van der Waals surface area contributed by atoms with E-state index in [-0.39, 0.29) is 17.7 Å². The third kappa shape index (κ3) is 4.67. The second-order valence-corrected chi connectivity index (χ2v) is 5.85. The summed E-state index contributed by atoms with van der Waals surface area (Å²) >= 11 is 0. The molecule has 0 saturated heterocycles. The van der Waals surface area contributed by atoms with Crippen LogP contribution in [0.25, 0.3) is 0 Å². The Labute approximate surface area is 126 Å². The van der Waals surface area contributed by atoms with Gasteiger partial charge in [0.05, 0.1) is 6.04 Å². The van der Waals surface area contributed by atoms with Gasteiger partial charge in [0.15, 0.2) is 5.78 Å². The van der Waals surface area contributed by atoms with Crippen LogP contribution >= 0.6 is 0 Å². The Bertz CT molecular complexity index is 490. The Morgan fingerprint density at radius 3 is 2.29 bits per heavy atom. The Kier molecular flexibility index (Phi) is 5.51. The number of carbonyl (C=O) groups is 2. The molecule has 0 radical (unpaired) electrons. The first kappa shape index (κ1) is 15.7. The molecule has 0 aliphatic heterocycles. The molecule has 1 fully saturated rings. The molecule has 0 aromatic heterocycles. The Morgan fingerprint density at radius 2 is 1.71 bits per heavy atom. The van der Waals surface area contributed by atoms with Crippen molar-refractivity contribution in [3.05, 3.63) is 29.8 Å². The summed E-state index contributed by atoms with van der Waals surface area (Å²) in [4.78, 5) is 23.4. The number of carbonyl (C=O) groups excluding carboxylic acids is 2. The highest BCUT2D eigenvalue weighted by atomic mass is 16.2. The first-order chi connectivity index (χ1) is 10.1. The number of rotatable bonds is 5. The predicted molar refractivity (Wildman–Crippen MR) is 84.5 cm³/mol. The summed E-state index contributed by atoms with van der Waals surface area (Å²) in [6.07, 6.45) is 6.12. The maximum atomic E-state index is 12.2. The monoisotopic (exact) mass is 288 g/mol. The van der Waals surface area contributed by atoms with Crippen LogP contribution in [0.4, 0.5) is 5.69 Å². The first-order valence-corrected chi connectivity index (χ1v) is 7.74. The zero-order valence-corrected chi connectivity index (χ0v) is 12.8. The SMILES string of the molecule is CC(=O)c1ccc(NC(=O)[C@@H](C)NC2CCCCC2)cc1. The smallest absolute Gasteiger partial charge is 0.241 e. The lowest BCUT2D eigenvalue weighted by Gasteiger charge is -2.26. The molecule has 1 aromatic carbocycles. The van der Waals surface area contributed by atoms with Crippen molar-refractivity contribution in [2.45, 2.75) is 58.0 Å². The van der Waals surface area contributed by atoms with Crippen molar-refractivity contribution < 1.29 is 9.59 Å². The Balaban J connectivity index is 1.86. The van der Waals surface area contributed by atoms with E-state index in [1.54, 1.807) is 24.3 Å². The van der Waals surface area contributed by atoms with Crippen LogP contribution in [-0.4, -0.2) is 23.8 Å². The highest BCUT2D eigenvalue weighted by Gasteiger charge is 2.19. The maximum absolute atomic E-state index is 12.2. The van der Waals surface area contributed by atoms with E-state index in [0.29, 0.717) is 11.6 Å². The molecule has 0 heterocycles.